The van der Waals surface area contributed by atoms with Crippen LogP contribution in [-0.2, 0) is 6.18 Å². The zero-order valence-electron chi connectivity index (χ0n) is 11.8. The van der Waals surface area contributed by atoms with Gasteiger partial charge in [-0.3, -0.25) is 0 Å². The van der Waals surface area contributed by atoms with Crippen molar-refractivity contribution in [1.82, 2.24) is 0 Å². The SMILES string of the molecule is CCC(CC1CC1)Nc1ccc(C(F)(F)F)cc1C(N)=S. The van der Waals surface area contributed by atoms with Gasteiger partial charge in [-0.1, -0.05) is 32.0 Å². The second-order valence-corrected chi connectivity index (χ2v) is 5.99. The van der Waals surface area contributed by atoms with Crippen LogP contribution in [0, 0.1) is 5.92 Å². The Bertz CT molecular complexity index is 524. The van der Waals surface area contributed by atoms with Gasteiger partial charge >= 0.3 is 6.18 Å². The van der Waals surface area contributed by atoms with E-state index >= 15 is 0 Å². The first-order chi connectivity index (χ1) is 9.81. The number of benzene rings is 1. The number of hydrogen-bond acceptors (Lipinski definition) is 2. The molecule has 0 aliphatic heterocycles. The molecule has 6 heteroatoms. The summed E-state index contributed by atoms with van der Waals surface area (Å²) in [7, 11) is 0. The van der Waals surface area contributed by atoms with Crippen LogP contribution >= 0.6 is 12.2 Å². The molecule has 1 atom stereocenters. The number of thiocarbonyl (C=S) groups is 1. The van der Waals surface area contributed by atoms with Gasteiger partial charge in [0.1, 0.15) is 4.99 Å². The second-order valence-electron chi connectivity index (χ2n) is 5.55. The summed E-state index contributed by atoms with van der Waals surface area (Å²) in [5, 5.41) is 3.29. The number of nitrogens with two attached hydrogens (primary N) is 1. The number of halogens is 3. The molecule has 2 nitrogen and oxygen atoms in total. The Morgan fingerprint density at radius 1 is 1.43 bits per heavy atom. The molecule has 1 aliphatic rings. The molecule has 1 unspecified atom stereocenters. The molecule has 1 aromatic rings. The molecule has 0 radical (unpaired) electrons. The van der Waals surface area contributed by atoms with Crippen LogP contribution < -0.4 is 11.1 Å². The monoisotopic (exact) mass is 316 g/mol. The van der Waals surface area contributed by atoms with Gasteiger partial charge in [0, 0.05) is 17.3 Å². The zero-order chi connectivity index (χ0) is 15.6. The molecule has 0 amide bonds. The molecule has 1 aromatic carbocycles. The average molecular weight is 316 g/mol. The van der Waals surface area contributed by atoms with Crippen LogP contribution in [0.5, 0.6) is 0 Å². The fourth-order valence-corrected chi connectivity index (χ4v) is 2.52. The van der Waals surface area contributed by atoms with E-state index in [0.29, 0.717) is 5.69 Å². The summed E-state index contributed by atoms with van der Waals surface area (Å²) < 4.78 is 38.3. The Balaban J connectivity index is 2.22. The van der Waals surface area contributed by atoms with Crippen molar-refractivity contribution < 1.29 is 13.2 Å². The van der Waals surface area contributed by atoms with Crippen molar-refractivity contribution in [2.24, 2.45) is 11.7 Å². The normalized spacial score (nSPS) is 16.6. The first-order valence-corrected chi connectivity index (χ1v) is 7.49. The van der Waals surface area contributed by atoms with Crippen LogP contribution in [-0.4, -0.2) is 11.0 Å². The molecule has 0 heterocycles. The maximum absolute atomic E-state index is 12.8. The van der Waals surface area contributed by atoms with E-state index in [2.05, 4.69) is 12.2 Å². The van der Waals surface area contributed by atoms with Crippen molar-refractivity contribution in [3.63, 3.8) is 0 Å². The Morgan fingerprint density at radius 2 is 2.10 bits per heavy atom. The van der Waals surface area contributed by atoms with Gasteiger partial charge in [0.25, 0.3) is 0 Å². The average Bonchev–Trinajstić information content (AvgIpc) is 3.20. The summed E-state index contributed by atoms with van der Waals surface area (Å²) in [6, 6.07) is 3.75. The molecule has 2 rings (SSSR count). The molecule has 0 aromatic heterocycles. The third-order valence-corrected chi connectivity index (χ3v) is 4.00. The molecule has 21 heavy (non-hydrogen) atoms. The van der Waals surface area contributed by atoms with Crippen molar-refractivity contribution in [3.8, 4) is 0 Å². The number of rotatable bonds is 6. The van der Waals surface area contributed by atoms with Gasteiger partial charge < -0.3 is 11.1 Å². The van der Waals surface area contributed by atoms with Crippen molar-refractivity contribution in [2.75, 3.05) is 5.32 Å². The topological polar surface area (TPSA) is 38.0 Å². The lowest BCUT2D eigenvalue weighted by atomic mass is 10.0. The van der Waals surface area contributed by atoms with Crippen LogP contribution in [0.4, 0.5) is 18.9 Å². The van der Waals surface area contributed by atoms with E-state index in [1.807, 2.05) is 0 Å². The minimum atomic E-state index is -4.39. The third-order valence-electron chi connectivity index (χ3n) is 3.78. The van der Waals surface area contributed by atoms with Gasteiger partial charge in [-0.05, 0) is 37.0 Å². The molecule has 116 valence electrons. The van der Waals surface area contributed by atoms with Crippen molar-refractivity contribution in [3.05, 3.63) is 29.3 Å². The molecule has 0 bridgehead atoms. The van der Waals surface area contributed by atoms with Crippen LogP contribution in [0.15, 0.2) is 18.2 Å². The molecule has 1 saturated carbocycles. The molecular formula is C15H19F3N2S. The molecular weight excluding hydrogens is 297 g/mol. The minimum absolute atomic E-state index is 0.0233. The summed E-state index contributed by atoms with van der Waals surface area (Å²) >= 11 is 4.89. The largest absolute Gasteiger partial charge is 0.416 e. The smallest absolute Gasteiger partial charge is 0.389 e. The molecule has 3 N–H and O–H groups in total. The van der Waals surface area contributed by atoms with Gasteiger partial charge in [0.05, 0.1) is 5.56 Å². The standard InChI is InChI=1S/C15H19F3N2S/c1-2-11(7-9-3-4-9)20-13-6-5-10(15(16,17)18)8-12(13)14(19)21/h5-6,8-9,11,20H,2-4,7H2,1H3,(H2,19,21). The van der Waals surface area contributed by atoms with Crippen molar-refractivity contribution >= 4 is 22.9 Å². The first-order valence-electron chi connectivity index (χ1n) is 7.08. The van der Waals surface area contributed by atoms with E-state index in [-0.39, 0.29) is 16.6 Å². The molecule has 0 spiro atoms. The van der Waals surface area contributed by atoms with E-state index in [4.69, 9.17) is 18.0 Å². The quantitative estimate of drug-likeness (QED) is 0.767. The first kappa shape index (κ1) is 16.1. The van der Waals surface area contributed by atoms with Crippen LogP contribution in [0.25, 0.3) is 0 Å². The number of alkyl halides is 3. The Labute approximate surface area is 127 Å². The highest BCUT2D eigenvalue weighted by atomic mass is 32.1. The highest BCUT2D eigenvalue weighted by Gasteiger charge is 2.31. The summed E-state index contributed by atoms with van der Waals surface area (Å²) in [6.07, 6.45) is 0.0412. The minimum Gasteiger partial charge on any atom is -0.389 e. The summed E-state index contributed by atoms with van der Waals surface area (Å²) in [6.45, 7) is 2.06. The Kier molecular flexibility index (Phi) is 4.76. The van der Waals surface area contributed by atoms with Crippen LogP contribution in [0.2, 0.25) is 0 Å². The Hall–Kier alpha value is -1.30. The lowest BCUT2D eigenvalue weighted by Gasteiger charge is -2.21. The van der Waals surface area contributed by atoms with E-state index in [1.54, 1.807) is 0 Å². The van der Waals surface area contributed by atoms with E-state index in [9.17, 15) is 13.2 Å². The summed E-state index contributed by atoms with van der Waals surface area (Å²) in [5.74, 6) is 0.741. The predicted octanol–water partition coefficient (Wildman–Crippen LogP) is 4.33. The molecule has 0 saturated heterocycles. The van der Waals surface area contributed by atoms with Crippen LogP contribution in [0.3, 0.4) is 0 Å². The summed E-state index contributed by atoms with van der Waals surface area (Å²) in [4.78, 5) is -0.0233. The molecule has 1 aliphatic carbocycles. The van der Waals surface area contributed by atoms with Crippen molar-refractivity contribution in [2.45, 2.75) is 44.8 Å². The fourth-order valence-electron chi connectivity index (χ4n) is 2.35. The van der Waals surface area contributed by atoms with E-state index in [1.165, 1.54) is 18.9 Å². The summed E-state index contributed by atoms with van der Waals surface area (Å²) in [5.41, 5.74) is 5.70. The zero-order valence-corrected chi connectivity index (χ0v) is 12.7. The van der Waals surface area contributed by atoms with Gasteiger partial charge in [0.2, 0.25) is 0 Å². The highest BCUT2D eigenvalue weighted by molar-refractivity contribution is 7.80. The number of anilines is 1. The second kappa shape index (κ2) is 6.22. The van der Waals surface area contributed by atoms with Gasteiger partial charge in [-0.25, -0.2) is 0 Å². The van der Waals surface area contributed by atoms with E-state index in [0.717, 1.165) is 30.9 Å². The van der Waals surface area contributed by atoms with Crippen LogP contribution in [0.1, 0.15) is 43.7 Å². The maximum atomic E-state index is 12.8. The molecule has 1 fully saturated rings. The van der Waals surface area contributed by atoms with E-state index < -0.39 is 11.7 Å². The number of hydrogen-bond donors (Lipinski definition) is 2. The maximum Gasteiger partial charge on any atom is 0.416 e. The highest BCUT2D eigenvalue weighted by Crippen LogP contribution is 2.36. The van der Waals surface area contributed by atoms with Gasteiger partial charge in [-0.2, -0.15) is 13.2 Å². The van der Waals surface area contributed by atoms with Gasteiger partial charge in [0.15, 0.2) is 0 Å². The number of nitrogens with one attached hydrogen (secondary N) is 1. The fraction of sp³-hybridized carbons (Fsp3) is 0.533. The van der Waals surface area contributed by atoms with Crippen molar-refractivity contribution in [1.29, 1.82) is 0 Å². The van der Waals surface area contributed by atoms with Gasteiger partial charge in [-0.15, -0.1) is 0 Å². The predicted molar refractivity (Wildman–Crippen MR) is 82.4 cm³/mol. The lowest BCUT2D eigenvalue weighted by molar-refractivity contribution is -0.137. The third kappa shape index (κ3) is 4.33. The Morgan fingerprint density at radius 3 is 2.57 bits per heavy atom. The lowest BCUT2D eigenvalue weighted by Crippen LogP contribution is -2.22.